The second-order valence-corrected chi connectivity index (χ2v) is 7.12. The van der Waals surface area contributed by atoms with Gasteiger partial charge >= 0.3 is 6.03 Å². The Balaban J connectivity index is 1.79. The van der Waals surface area contributed by atoms with Gasteiger partial charge in [-0.2, -0.15) is 11.3 Å². The molecule has 1 aliphatic carbocycles. The highest BCUT2D eigenvalue weighted by Gasteiger charge is 2.58. The Morgan fingerprint density at radius 1 is 1.57 bits per heavy atom. The van der Waals surface area contributed by atoms with Crippen LogP contribution in [0.3, 0.4) is 0 Å². The van der Waals surface area contributed by atoms with Crippen molar-refractivity contribution in [3.05, 3.63) is 22.4 Å². The minimum atomic E-state index is -0.666. The molecule has 0 bridgehead atoms. The molecule has 3 N–H and O–H groups in total. The molecule has 0 aromatic carbocycles. The molecule has 1 aromatic heterocycles. The van der Waals surface area contributed by atoms with Gasteiger partial charge in [-0.05, 0) is 35.7 Å². The zero-order chi connectivity index (χ0) is 15.7. The van der Waals surface area contributed by atoms with Crippen molar-refractivity contribution in [1.29, 1.82) is 0 Å². The number of rotatable bonds is 5. The lowest BCUT2D eigenvalue weighted by Crippen LogP contribution is -2.69. The van der Waals surface area contributed by atoms with Crippen LogP contribution in [0.1, 0.15) is 38.9 Å². The first-order chi connectivity index (χ1) is 9.80. The van der Waals surface area contributed by atoms with Crippen LogP contribution in [0.4, 0.5) is 4.79 Å². The zero-order valence-electron chi connectivity index (χ0n) is 13.0. The average Bonchev–Trinajstić information content (AvgIpc) is 2.98. The van der Waals surface area contributed by atoms with Crippen molar-refractivity contribution in [1.82, 2.24) is 10.6 Å². The molecule has 2 rings (SSSR count). The van der Waals surface area contributed by atoms with Crippen molar-refractivity contribution in [2.75, 3.05) is 13.7 Å². The monoisotopic (exact) mass is 312 g/mol. The summed E-state index contributed by atoms with van der Waals surface area (Å²) in [5.41, 5.74) is 0.503. The summed E-state index contributed by atoms with van der Waals surface area (Å²) in [7, 11) is 1.70. The Morgan fingerprint density at radius 3 is 2.81 bits per heavy atom. The van der Waals surface area contributed by atoms with E-state index in [1.807, 2.05) is 16.8 Å². The molecule has 118 valence electrons. The van der Waals surface area contributed by atoms with Crippen LogP contribution in [-0.2, 0) is 4.74 Å². The number of hydrogen-bond acceptors (Lipinski definition) is 4. The second kappa shape index (κ2) is 5.94. The Bertz CT molecular complexity index is 489. The zero-order valence-corrected chi connectivity index (χ0v) is 13.8. The van der Waals surface area contributed by atoms with Crippen molar-refractivity contribution in [3.63, 3.8) is 0 Å². The number of methoxy groups -OCH3 is 1. The smallest absolute Gasteiger partial charge is 0.315 e. The first-order valence-electron chi connectivity index (χ1n) is 7.10. The largest absolute Gasteiger partial charge is 0.387 e. The van der Waals surface area contributed by atoms with Gasteiger partial charge in [-0.1, -0.05) is 13.8 Å². The average molecular weight is 312 g/mol. The molecule has 1 fully saturated rings. The molecular weight excluding hydrogens is 288 g/mol. The van der Waals surface area contributed by atoms with Crippen LogP contribution in [0.5, 0.6) is 0 Å². The van der Waals surface area contributed by atoms with Crippen molar-refractivity contribution in [2.24, 2.45) is 5.41 Å². The molecule has 0 radical (unpaired) electrons. The second-order valence-electron chi connectivity index (χ2n) is 6.34. The molecule has 1 saturated carbocycles. The van der Waals surface area contributed by atoms with E-state index in [1.54, 1.807) is 7.11 Å². The molecule has 2 amide bonds. The van der Waals surface area contributed by atoms with Gasteiger partial charge in [0, 0.05) is 25.1 Å². The predicted octanol–water partition coefficient (Wildman–Crippen LogP) is 2.28. The van der Waals surface area contributed by atoms with E-state index in [0.717, 1.165) is 12.0 Å². The minimum Gasteiger partial charge on any atom is -0.387 e. The van der Waals surface area contributed by atoms with E-state index in [1.165, 1.54) is 11.3 Å². The van der Waals surface area contributed by atoms with Crippen LogP contribution in [0.2, 0.25) is 0 Å². The fraction of sp³-hybridized carbons (Fsp3) is 0.667. The first-order valence-corrected chi connectivity index (χ1v) is 8.04. The Labute approximate surface area is 129 Å². The lowest BCUT2D eigenvalue weighted by atomic mass is 9.56. The molecule has 1 aliphatic rings. The third kappa shape index (κ3) is 3.07. The number of carbonyl (C=O) groups excluding carboxylic acids is 1. The molecular formula is C15H24N2O3S. The standard InChI is InChI=1S/C15H24N2O3S/c1-14(2)12(7-15(14,3)20-4)17-13(19)16-8-11(18)10-5-6-21-9-10/h5-6,9,11-12,18H,7-8H2,1-4H3,(H2,16,17,19). The molecule has 1 aromatic rings. The van der Waals surface area contributed by atoms with E-state index >= 15 is 0 Å². The maximum Gasteiger partial charge on any atom is 0.315 e. The number of ether oxygens (including phenoxy) is 1. The van der Waals surface area contributed by atoms with Crippen LogP contribution in [-0.4, -0.2) is 36.4 Å². The first kappa shape index (κ1) is 16.3. The molecule has 21 heavy (non-hydrogen) atoms. The summed E-state index contributed by atoms with van der Waals surface area (Å²) in [6.45, 7) is 6.44. The number of thiophene rings is 1. The maximum atomic E-state index is 11.9. The molecule has 0 aliphatic heterocycles. The summed E-state index contributed by atoms with van der Waals surface area (Å²) in [6, 6.07) is 1.68. The number of amides is 2. The van der Waals surface area contributed by atoms with Gasteiger partial charge in [0.15, 0.2) is 0 Å². The van der Waals surface area contributed by atoms with Gasteiger partial charge in [0.2, 0.25) is 0 Å². The van der Waals surface area contributed by atoms with E-state index < -0.39 is 6.10 Å². The summed E-state index contributed by atoms with van der Waals surface area (Å²) in [6.07, 6.45) is 0.123. The number of nitrogens with one attached hydrogen (secondary N) is 2. The third-order valence-electron chi connectivity index (χ3n) is 4.97. The maximum absolute atomic E-state index is 11.9. The molecule has 0 saturated heterocycles. The quantitative estimate of drug-likeness (QED) is 0.781. The van der Waals surface area contributed by atoms with E-state index in [9.17, 15) is 9.90 Å². The molecule has 5 nitrogen and oxygen atoms in total. The minimum absolute atomic E-state index is 0.0701. The van der Waals surface area contributed by atoms with Crippen molar-refractivity contribution >= 4 is 17.4 Å². The molecule has 0 spiro atoms. The fourth-order valence-corrected chi connectivity index (χ4v) is 3.41. The molecule has 6 heteroatoms. The topological polar surface area (TPSA) is 70.6 Å². The number of hydrogen-bond donors (Lipinski definition) is 3. The van der Waals surface area contributed by atoms with Crippen molar-refractivity contribution < 1.29 is 14.6 Å². The third-order valence-corrected chi connectivity index (χ3v) is 5.67. The summed E-state index contributed by atoms with van der Waals surface area (Å²) >= 11 is 1.53. The summed E-state index contributed by atoms with van der Waals surface area (Å²) in [5.74, 6) is 0. The number of carbonyl (C=O) groups is 1. The molecule has 3 unspecified atom stereocenters. The molecule has 1 heterocycles. The highest BCUT2D eigenvalue weighted by atomic mass is 32.1. The Hall–Kier alpha value is -1.11. The van der Waals surface area contributed by atoms with Gasteiger partial charge in [0.05, 0.1) is 11.7 Å². The highest BCUT2D eigenvalue weighted by molar-refractivity contribution is 7.07. The van der Waals surface area contributed by atoms with E-state index in [4.69, 9.17) is 4.74 Å². The number of urea groups is 1. The lowest BCUT2D eigenvalue weighted by Gasteiger charge is -2.59. The Kier molecular flexibility index (Phi) is 4.60. The van der Waals surface area contributed by atoms with E-state index in [0.29, 0.717) is 0 Å². The summed E-state index contributed by atoms with van der Waals surface area (Å²) < 4.78 is 5.54. The van der Waals surface area contributed by atoms with Crippen LogP contribution in [0, 0.1) is 5.41 Å². The van der Waals surface area contributed by atoms with Gasteiger partial charge in [-0.3, -0.25) is 0 Å². The van der Waals surface area contributed by atoms with Crippen molar-refractivity contribution in [3.8, 4) is 0 Å². The van der Waals surface area contributed by atoms with Crippen LogP contribution < -0.4 is 10.6 Å². The summed E-state index contributed by atoms with van der Waals surface area (Å²) in [5, 5.41) is 19.4. The van der Waals surface area contributed by atoms with Crippen molar-refractivity contribution in [2.45, 2.75) is 44.9 Å². The SMILES string of the molecule is COC1(C)CC(NC(=O)NCC(O)c2ccsc2)C1(C)C. The van der Waals surface area contributed by atoms with Gasteiger partial charge in [0.25, 0.3) is 0 Å². The fourth-order valence-electron chi connectivity index (χ4n) is 2.70. The van der Waals surface area contributed by atoms with Gasteiger partial charge in [0.1, 0.15) is 0 Å². The van der Waals surface area contributed by atoms with E-state index in [-0.39, 0.29) is 29.6 Å². The lowest BCUT2D eigenvalue weighted by molar-refractivity contribution is -0.177. The Morgan fingerprint density at radius 2 is 2.29 bits per heavy atom. The van der Waals surface area contributed by atoms with Gasteiger partial charge in [-0.25, -0.2) is 4.79 Å². The molecule has 3 atom stereocenters. The van der Waals surface area contributed by atoms with Gasteiger partial charge in [-0.15, -0.1) is 0 Å². The number of aliphatic hydroxyl groups is 1. The highest BCUT2D eigenvalue weighted by Crippen LogP contribution is 2.51. The van der Waals surface area contributed by atoms with Gasteiger partial charge < -0.3 is 20.5 Å². The van der Waals surface area contributed by atoms with Crippen LogP contribution in [0.15, 0.2) is 16.8 Å². The van der Waals surface area contributed by atoms with Crippen LogP contribution >= 0.6 is 11.3 Å². The summed E-state index contributed by atoms with van der Waals surface area (Å²) in [4.78, 5) is 11.9. The normalized spacial score (nSPS) is 28.5. The predicted molar refractivity (Wildman–Crippen MR) is 83.4 cm³/mol. The van der Waals surface area contributed by atoms with Crippen LogP contribution in [0.25, 0.3) is 0 Å². The number of aliphatic hydroxyl groups excluding tert-OH is 1. The van der Waals surface area contributed by atoms with E-state index in [2.05, 4.69) is 31.4 Å².